The third-order valence-electron chi connectivity index (χ3n) is 9.08. The first-order chi connectivity index (χ1) is 17.0. The first-order valence-electron chi connectivity index (χ1n) is 12.2. The van der Waals surface area contributed by atoms with Gasteiger partial charge < -0.3 is 22.5 Å². The number of anilines is 1. The fourth-order valence-corrected chi connectivity index (χ4v) is 7.18. The van der Waals surface area contributed by atoms with Crippen LogP contribution in [0.2, 0.25) is 0 Å². The quantitative estimate of drug-likeness (QED) is 0.300. The molecule has 1 saturated heterocycles. The smallest absolute Gasteiger partial charge is 0.369 e. The van der Waals surface area contributed by atoms with Crippen molar-refractivity contribution in [2.24, 2.45) is 45.3 Å². The van der Waals surface area contributed by atoms with Crippen LogP contribution in [0, 0.1) is 38.2 Å². The molecule has 1 aromatic rings. The van der Waals surface area contributed by atoms with E-state index in [9.17, 15) is 29.3 Å². The van der Waals surface area contributed by atoms with Crippen LogP contribution in [-0.4, -0.2) is 51.7 Å². The predicted octanol–water partition coefficient (Wildman–Crippen LogP) is 0.530. The number of nitro groups is 1. The molecule has 2 unspecified atom stereocenters. The van der Waals surface area contributed by atoms with Crippen molar-refractivity contribution in [3.63, 3.8) is 0 Å². The molecule has 0 radical (unpaired) electrons. The van der Waals surface area contributed by atoms with Gasteiger partial charge in [-0.25, -0.2) is 0 Å². The lowest BCUT2D eigenvalue weighted by molar-refractivity contribution is -0.592. The molecule has 1 aromatic carbocycles. The number of nitrogens with two attached hydrogens (primary N) is 3. The molecular weight excluding hydrogens is 480 g/mol. The van der Waals surface area contributed by atoms with E-state index >= 15 is 0 Å². The van der Waals surface area contributed by atoms with Crippen LogP contribution in [0.15, 0.2) is 24.3 Å². The molecule has 12 heteroatoms. The van der Waals surface area contributed by atoms with Crippen molar-refractivity contribution >= 4 is 29.3 Å². The summed E-state index contributed by atoms with van der Waals surface area (Å²) < 4.78 is 0. The third-order valence-corrected chi connectivity index (χ3v) is 9.08. The molecule has 6 atom stereocenters. The Morgan fingerprint density at radius 2 is 1.81 bits per heavy atom. The van der Waals surface area contributed by atoms with Crippen molar-refractivity contribution in [1.82, 2.24) is 4.90 Å². The van der Waals surface area contributed by atoms with Gasteiger partial charge in [0, 0.05) is 12.2 Å². The van der Waals surface area contributed by atoms with Gasteiger partial charge in [0.2, 0.25) is 17.7 Å². The third kappa shape index (κ3) is 3.17. The second kappa shape index (κ2) is 7.98. The molecule has 0 spiro atoms. The van der Waals surface area contributed by atoms with E-state index in [1.807, 2.05) is 0 Å². The van der Waals surface area contributed by atoms with Crippen molar-refractivity contribution in [2.75, 3.05) is 11.9 Å². The summed E-state index contributed by atoms with van der Waals surface area (Å²) in [6.45, 7) is 8.30. The Bertz CT molecular complexity index is 1210. The Hall–Kier alpha value is -3.54. The van der Waals surface area contributed by atoms with Crippen molar-refractivity contribution in [3.8, 4) is 0 Å². The Balaban J connectivity index is 1.90. The van der Waals surface area contributed by atoms with Crippen LogP contribution >= 0.6 is 0 Å². The first-order valence-corrected chi connectivity index (χ1v) is 12.2. The number of likely N-dealkylation sites (tertiary alicyclic amines) is 1. The molecule has 4 rings (SSSR count). The van der Waals surface area contributed by atoms with E-state index in [0.717, 1.165) is 4.90 Å². The van der Waals surface area contributed by atoms with Gasteiger partial charge in [-0.2, -0.15) is 0 Å². The number of amides is 4. The number of rotatable bonds is 7. The molecule has 0 aromatic heterocycles. The van der Waals surface area contributed by atoms with Crippen LogP contribution in [-0.2, 0) is 19.2 Å². The Morgan fingerprint density at radius 3 is 2.32 bits per heavy atom. The fraction of sp³-hybridized carbons (Fsp3) is 0.600. The van der Waals surface area contributed by atoms with E-state index < -0.39 is 68.3 Å². The molecule has 0 bridgehead atoms. The zero-order valence-electron chi connectivity index (χ0n) is 21.6. The van der Waals surface area contributed by atoms with Gasteiger partial charge in [0.25, 0.3) is 0 Å². The van der Waals surface area contributed by atoms with Crippen molar-refractivity contribution in [1.29, 1.82) is 0 Å². The van der Waals surface area contributed by atoms with Crippen LogP contribution in [0.5, 0.6) is 0 Å². The van der Waals surface area contributed by atoms with Crippen LogP contribution < -0.4 is 22.5 Å². The van der Waals surface area contributed by atoms with Gasteiger partial charge in [-0.05, 0) is 34.8 Å². The van der Waals surface area contributed by atoms with E-state index in [-0.39, 0.29) is 18.9 Å². The molecule has 4 amide bonds. The number of hydrogen-bond acceptors (Lipinski definition) is 7. The molecular formula is C25H34N6O6. The van der Waals surface area contributed by atoms with Gasteiger partial charge in [-0.1, -0.05) is 52.8 Å². The van der Waals surface area contributed by atoms with E-state index in [4.69, 9.17) is 17.2 Å². The molecule has 2 fully saturated rings. The second-order valence-electron chi connectivity index (χ2n) is 12.0. The van der Waals surface area contributed by atoms with Gasteiger partial charge in [0.15, 0.2) is 0 Å². The maximum Gasteiger partial charge on any atom is 0.383 e. The highest BCUT2D eigenvalue weighted by molar-refractivity contribution is 6.03. The molecule has 2 aliphatic heterocycles. The minimum Gasteiger partial charge on any atom is -0.369 e. The monoisotopic (exact) mass is 514 g/mol. The largest absolute Gasteiger partial charge is 0.383 e. The Morgan fingerprint density at radius 1 is 1.22 bits per heavy atom. The minimum absolute atomic E-state index is 0.186. The highest BCUT2D eigenvalue weighted by Gasteiger charge is 2.96. The zero-order valence-corrected chi connectivity index (χ0v) is 21.6. The molecule has 1 aliphatic carbocycles. The molecule has 37 heavy (non-hydrogen) atoms. The lowest BCUT2D eigenvalue weighted by atomic mass is 9.68. The van der Waals surface area contributed by atoms with Crippen LogP contribution in [0.25, 0.3) is 0 Å². The summed E-state index contributed by atoms with van der Waals surface area (Å²) in [5, 5.41) is 15.7. The number of carbonyl (C=O) groups excluding carboxylic acids is 4. The van der Waals surface area contributed by atoms with E-state index in [1.165, 1.54) is 0 Å². The van der Waals surface area contributed by atoms with Crippen LogP contribution in [0.1, 0.15) is 52.5 Å². The highest BCUT2D eigenvalue weighted by Crippen LogP contribution is 2.82. The summed E-state index contributed by atoms with van der Waals surface area (Å²) in [5.74, 6) is -6.29. The summed E-state index contributed by atoms with van der Waals surface area (Å²) in [6.07, 6.45) is -0.186. The molecule has 2 heterocycles. The highest BCUT2D eigenvalue weighted by atomic mass is 16.6. The topological polar surface area (TPSA) is 205 Å². The SMILES string of the molecule is CC(C)(C)C(N)C(=O)N1C[C@H]2C(C)(C)[C@@]2([C@H](CC2C(=O)Nc3ccccc32)C(N)=O)[C@@]1(C(N)=O)[N+](=O)[O-]. The maximum atomic E-state index is 13.6. The Labute approximate surface area is 214 Å². The lowest BCUT2D eigenvalue weighted by Gasteiger charge is -2.42. The van der Waals surface area contributed by atoms with E-state index in [2.05, 4.69) is 5.32 Å². The Kier molecular flexibility index (Phi) is 5.72. The lowest BCUT2D eigenvalue weighted by Crippen LogP contribution is -2.72. The summed E-state index contributed by atoms with van der Waals surface area (Å²) in [6, 6.07) is 5.74. The summed E-state index contributed by atoms with van der Waals surface area (Å²) in [7, 11) is 0. The van der Waals surface area contributed by atoms with Crippen molar-refractivity contribution in [3.05, 3.63) is 39.9 Å². The predicted molar refractivity (Wildman–Crippen MR) is 133 cm³/mol. The minimum atomic E-state index is -2.78. The first kappa shape index (κ1) is 26.5. The standard InChI is InChI=1S/C25H34N6O6/c1-22(2,3)17(26)20(34)30-11-16-23(4,5)24(16,25(30,21(28)35)31(36)37)14(18(27)32)10-13-12-8-6-7-9-15(12)29-19(13)33/h6-9,13-14,16-17H,10-11,26H2,1-5H3,(H2,27,32)(H2,28,35)(H,29,33)/t13?,14-,16+,17?,24+,25-/m1/s1. The van der Waals surface area contributed by atoms with Gasteiger partial charge >= 0.3 is 11.6 Å². The number of fused-ring (bicyclic) bond motifs is 2. The molecule has 12 nitrogen and oxygen atoms in total. The second-order valence-corrected chi connectivity index (χ2v) is 12.0. The number of nitrogens with one attached hydrogen (secondary N) is 1. The van der Waals surface area contributed by atoms with Crippen LogP contribution in [0.4, 0.5) is 5.69 Å². The number of para-hydroxylation sites is 1. The van der Waals surface area contributed by atoms with E-state index in [0.29, 0.717) is 11.3 Å². The van der Waals surface area contributed by atoms with Gasteiger partial charge in [0.1, 0.15) is 0 Å². The normalized spacial score (nSPS) is 31.1. The van der Waals surface area contributed by atoms with Gasteiger partial charge in [-0.15, -0.1) is 0 Å². The molecule has 3 aliphatic rings. The average molecular weight is 515 g/mol. The number of primary amides is 2. The van der Waals surface area contributed by atoms with Crippen LogP contribution in [0.3, 0.4) is 0 Å². The zero-order chi connectivity index (χ0) is 27.9. The summed E-state index contributed by atoms with van der Waals surface area (Å²) >= 11 is 0. The molecule has 7 N–H and O–H groups in total. The number of benzene rings is 1. The van der Waals surface area contributed by atoms with Crippen molar-refractivity contribution in [2.45, 2.75) is 58.7 Å². The molecule has 200 valence electrons. The number of carbonyl (C=O) groups is 4. The number of hydrogen-bond donors (Lipinski definition) is 4. The maximum absolute atomic E-state index is 13.6. The van der Waals surface area contributed by atoms with Gasteiger partial charge in [0.05, 0.1) is 28.2 Å². The van der Waals surface area contributed by atoms with E-state index in [1.54, 1.807) is 58.9 Å². The van der Waals surface area contributed by atoms with Gasteiger partial charge in [-0.3, -0.25) is 34.2 Å². The molecule has 1 saturated carbocycles. The fourth-order valence-electron chi connectivity index (χ4n) is 7.18. The summed E-state index contributed by atoms with van der Waals surface area (Å²) in [5.41, 5.74) is 12.8. The number of nitrogens with zero attached hydrogens (tertiary/aromatic N) is 2. The number of piperidine rings is 1. The average Bonchev–Trinajstić information content (AvgIpc) is 3.06. The summed E-state index contributed by atoms with van der Waals surface area (Å²) in [4.78, 5) is 65.8. The van der Waals surface area contributed by atoms with Crippen molar-refractivity contribution < 1.29 is 24.1 Å².